The predicted octanol–water partition coefficient (Wildman–Crippen LogP) is 4.31. The molecule has 0 heterocycles. The summed E-state index contributed by atoms with van der Waals surface area (Å²) < 4.78 is 0. The number of rotatable bonds is 0. The lowest BCUT2D eigenvalue weighted by molar-refractivity contribution is 0.609. The SMILES string of the molecule is CC1Cc2c(ccc3ccccc23)C1Cl. The summed E-state index contributed by atoms with van der Waals surface area (Å²) in [6.45, 7) is 2.23. The van der Waals surface area contributed by atoms with Gasteiger partial charge >= 0.3 is 0 Å². The highest BCUT2D eigenvalue weighted by Gasteiger charge is 2.28. The Morgan fingerprint density at radius 3 is 2.80 bits per heavy atom. The summed E-state index contributed by atoms with van der Waals surface area (Å²) in [4.78, 5) is 0. The largest absolute Gasteiger partial charge is 0.118 e. The third kappa shape index (κ3) is 1.28. The van der Waals surface area contributed by atoms with Crippen molar-refractivity contribution in [3.63, 3.8) is 0 Å². The van der Waals surface area contributed by atoms with Crippen LogP contribution in [-0.4, -0.2) is 0 Å². The molecule has 0 aromatic heterocycles. The Kier molecular flexibility index (Phi) is 2.00. The molecule has 0 saturated carbocycles. The second-order valence-electron chi connectivity index (χ2n) is 4.44. The van der Waals surface area contributed by atoms with Gasteiger partial charge in [-0.05, 0) is 34.2 Å². The van der Waals surface area contributed by atoms with Gasteiger partial charge in [0.05, 0.1) is 5.38 Å². The highest BCUT2D eigenvalue weighted by molar-refractivity contribution is 6.21. The van der Waals surface area contributed by atoms with E-state index in [-0.39, 0.29) is 5.38 Å². The minimum Gasteiger partial charge on any atom is -0.118 e. The fourth-order valence-electron chi connectivity index (χ4n) is 2.57. The summed E-state index contributed by atoms with van der Waals surface area (Å²) in [5, 5.41) is 2.91. The van der Waals surface area contributed by atoms with Gasteiger partial charge in [-0.25, -0.2) is 0 Å². The first-order valence-electron chi connectivity index (χ1n) is 5.42. The maximum atomic E-state index is 6.39. The van der Waals surface area contributed by atoms with Crippen LogP contribution in [0.5, 0.6) is 0 Å². The Labute approximate surface area is 94.9 Å². The summed E-state index contributed by atoms with van der Waals surface area (Å²) in [5.41, 5.74) is 2.79. The predicted molar refractivity (Wildman–Crippen MR) is 65.4 cm³/mol. The summed E-state index contributed by atoms with van der Waals surface area (Å²) in [5.74, 6) is 0.562. The summed E-state index contributed by atoms with van der Waals surface area (Å²) in [7, 11) is 0. The van der Waals surface area contributed by atoms with Crippen molar-refractivity contribution in [1.82, 2.24) is 0 Å². The normalized spacial score (nSPS) is 24.4. The molecule has 3 rings (SSSR count). The third-order valence-corrected chi connectivity index (χ3v) is 4.06. The van der Waals surface area contributed by atoms with Crippen molar-refractivity contribution >= 4 is 22.4 Å². The zero-order valence-electron chi connectivity index (χ0n) is 8.70. The molecule has 0 saturated heterocycles. The van der Waals surface area contributed by atoms with Crippen LogP contribution in [0.4, 0.5) is 0 Å². The maximum Gasteiger partial charge on any atom is 0.0616 e. The van der Waals surface area contributed by atoms with Crippen molar-refractivity contribution in [2.45, 2.75) is 18.7 Å². The minimum absolute atomic E-state index is 0.199. The number of alkyl halides is 1. The lowest BCUT2D eigenvalue weighted by Gasteiger charge is -2.07. The Morgan fingerprint density at radius 1 is 1.13 bits per heavy atom. The molecule has 2 aromatic carbocycles. The summed E-state index contributed by atoms with van der Waals surface area (Å²) >= 11 is 6.39. The average Bonchev–Trinajstić information content (AvgIpc) is 2.56. The minimum atomic E-state index is 0.199. The molecule has 0 radical (unpaired) electrons. The Hall–Kier alpha value is -1.01. The zero-order chi connectivity index (χ0) is 10.4. The standard InChI is InChI=1S/C14H13Cl/c1-9-8-13-11-5-3-2-4-10(11)6-7-12(13)14(9)15/h2-7,9,14H,8H2,1H3. The fraction of sp³-hybridized carbons (Fsp3) is 0.286. The van der Waals surface area contributed by atoms with Crippen LogP contribution in [0.25, 0.3) is 10.8 Å². The highest BCUT2D eigenvalue weighted by atomic mass is 35.5. The molecule has 2 unspecified atom stereocenters. The van der Waals surface area contributed by atoms with Gasteiger partial charge in [-0.3, -0.25) is 0 Å². The molecule has 0 N–H and O–H groups in total. The number of hydrogen-bond acceptors (Lipinski definition) is 0. The van der Waals surface area contributed by atoms with E-state index < -0.39 is 0 Å². The van der Waals surface area contributed by atoms with E-state index in [2.05, 4.69) is 43.3 Å². The molecule has 1 aliphatic carbocycles. The zero-order valence-corrected chi connectivity index (χ0v) is 9.46. The van der Waals surface area contributed by atoms with Crippen molar-refractivity contribution < 1.29 is 0 Å². The number of halogens is 1. The van der Waals surface area contributed by atoms with Crippen LogP contribution in [0, 0.1) is 5.92 Å². The first-order chi connectivity index (χ1) is 7.27. The molecule has 0 spiro atoms. The van der Waals surface area contributed by atoms with Crippen LogP contribution in [-0.2, 0) is 6.42 Å². The van der Waals surface area contributed by atoms with Gasteiger partial charge in [-0.15, -0.1) is 11.6 Å². The van der Waals surface area contributed by atoms with E-state index >= 15 is 0 Å². The molecular weight excluding hydrogens is 204 g/mol. The number of hydrogen-bond donors (Lipinski definition) is 0. The quantitative estimate of drug-likeness (QED) is 0.576. The van der Waals surface area contributed by atoms with E-state index in [4.69, 9.17) is 11.6 Å². The van der Waals surface area contributed by atoms with Gasteiger partial charge in [0, 0.05) is 0 Å². The van der Waals surface area contributed by atoms with E-state index in [0.717, 1.165) is 6.42 Å². The smallest absolute Gasteiger partial charge is 0.0616 e. The Morgan fingerprint density at radius 2 is 1.93 bits per heavy atom. The van der Waals surface area contributed by atoms with E-state index in [9.17, 15) is 0 Å². The molecular formula is C14H13Cl. The van der Waals surface area contributed by atoms with Crippen molar-refractivity contribution in [3.8, 4) is 0 Å². The van der Waals surface area contributed by atoms with Gasteiger partial charge in [-0.2, -0.15) is 0 Å². The average molecular weight is 217 g/mol. The van der Waals surface area contributed by atoms with Crippen LogP contribution in [0.2, 0.25) is 0 Å². The van der Waals surface area contributed by atoms with Crippen molar-refractivity contribution in [1.29, 1.82) is 0 Å². The van der Waals surface area contributed by atoms with E-state index in [1.807, 2.05) is 0 Å². The second kappa shape index (κ2) is 3.24. The monoisotopic (exact) mass is 216 g/mol. The van der Waals surface area contributed by atoms with Crippen molar-refractivity contribution in [3.05, 3.63) is 47.5 Å². The molecule has 0 fully saturated rings. The molecule has 2 atom stereocenters. The maximum absolute atomic E-state index is 6.39. The second-order valence-corrected chi connectivity index (χ2v) is 4.91. The van der Waals surface area contributed by atoms with Crippen LogP contribution in [0.3, 0.4) is 0 Å². The molecule has 0 aliphatic heterocycles. The molecule has 1 heteroatoms. The van der Waals surface area contributed by atoms with Crippen LogP contribution in [0.15, 0.2) is 36.4 Å². The van der Waals surface area contributed by atoms with Gasteiger partial charge < -0.3 is 0 Å². The first-order valence-corrected chi connectivity index (χ1v) is 5.85. The van der Waals surface area contributed by atoms with E-state index in [1.165, 1.54) is 21.9 Å². The lowest BCUT2D eigenvalue weighted by Crippen LogP contribution is -1.94. The molecule has 76 valence electrons. The Balaban J connectivity index is 2.33. The van der Waals surface area contributed by atoms with Gasteiger partial charge in [0.15, 0.2) is 0 Å². The highest BCUT2D eigenvalue weighted by Crippen LogP contribution is 2.43. The van der Waals surface area contributed by atoms with Gasteiger partial charge in [0.25, 0.3) is 0 Å². The van der Waals surface area contributed by atoms with Crippen molar-refractivity contribution in [2.24, 2.45) is 5.92 Å². The molecule has 0 nitrogen and oxygen atoms in total. The number of benzene rings is 2. The third-order valence-electron chi connectivity index (χ3n) is 3.40. The number of fused-ring (bicyclic) bond motifs is 3. The molecule has 1 aliphatic rings. The lowest BCUT2D eigenvalue weighted by atomic mass is 10.0. The summed E-state index contributed by atoms with van der Waals surface area (Å²) in [6.07, 6.45) is 1.12. The molecule has 15 heavy (non-hydrogen) atoms. The van der Waals surface area contributed by atoms with Crippen LogP contribution in [0.1, 0.15) is 23.4 Å². The van der Waals surface area contributed by atoms with Gasteiger partial charge in [0.1, 0.15) is 0 Å². The van der Waals surface area contributed by atoms with E-state index in [1.54, 1.807) is 0 Å². The van der Waals surface area contributed by atoms with Gasteiger partial charge in [0.2, 0.25) is 0 Å². The van der Waals surface area contributed by atoms with Gasteiger partial charge in [-0.1, -0.05) is 43.3 Å². The van der Waals surface area contributed by atoms with E-state index in [0.29, 0.717) is 5.92 Å². The molecule has 0 amide bonds. The van der Waals surface area contributed by atoms with Crippen molar-refractivity contribution in [2.75, 3.05) is 0 Å². The summed E-state index contributed by atoms with van der Waals surface area (Å²) in [6, 6.07) is 12.9. The first kappa shape index (κ1) is 9.23. The van der Waals surface area contributed by atoms with Crippen LogP contribution >= 0.6 is 11.6 Å². The Bertz CT molecular complexity index is 516. The molecule has 0 bridgehead atoms. The fourth-order valence-corrected chi connectivity index (χ4v) is 2.86. The topological polar surface area (TPSA) is 0 Å². The molecule has 2 aromatic rings. The van der Waals surface area contributed by atoms with Crippen LogP contribution < -0.4 is 0 Å².